The molecule has 0 aliphatic carbocycles. The highest BCUT2D eigenvalue weighted by Gasteiger charge is 2.24. The van der Waals surface area contributed by atoms with Gasteiger partial charge < -0.3 is 4.90 Å². The average molecular weight is 270 g/mol. The second-order valence-corrected chi connectivity index (χ2v) is 5.54. The fraction of sp³-hybridized carbons (Fsp3) is 0.375. The zero-order chi connectivity index (χ0) is 14.1. The normalized spacial score (nSPS) is 21.9. The van der Waals surface area contributed by atoms with Gasteiger partial charge in [0, 0.05) is 36.5 Å². The third kappa shape index (κ3) is 2.33. The van der Waals surface area contributed by atoms with E-state index in [1.165, 1.54) is 17.7 Å². The lowest BCUT2D eigenvalue weighted by atomic mass is 9.90. The summed E-state index contributed by atoms with van der Waals surface area (Å²) in [5.41, 5.74) is 3.73. The molecule has 0 spiro atoms. The van der Waals surface area contributed by atoms with Crippen molar-refractivity contribution in [2.45, 2.75) is 19.8 Å². The van der Waals surface area contributed by atoms with E-state index in [9.17, 15) is 10.1 Å². The average Bonchev–Trinajstić information content (AvgIpc) is 2.46. The number of nitro benzene ring substituents is 1. The molecule has 0 saturated carbocycles. The van der Waals surface area contributed by atoms with Crippen molar-refractivity contribution in [1.82, 2.24) is 4.90 Å². The summed E-state index contributed by atoms with van der Waals surface area (Å²) in [6.45, 7) is 4.40. The van der Waals surface area contributed by atoms with Crippen molar-refractivity contribution in [1.29, 1.82) is 0 Å². The molecule has 1 aromatic carbocycles. The molecule has 0 aromatic heterocycles. The van der Waals surface area contributed by atoms with Crippen molar-refractivity contribution < 1.29 is 4.92 Å². The number of rotatable bonds is 2. The van der Waals surface area contributed by atoms with Crippen LogP contribution in [0.4, 0.5) is 5.69 Å². The highest BCUT2D eigenvalue weighted by molar-refractivity contribution is 5.80. The number of nitro groups is 1. The number of nitrogens with zero attached hydrogens (tertiary/aromatic N) is 2. The summed E-state index contributed by atoms with van der Waals surface area (Å²) in [7, 11) is 0. The molecule has 1 aromatic rings. The van der Waals surface area contributed by atoms with E-state index in [0.717, 1.165) is 25.1 Å². The summed E-state index contributed by atoms with van der Waals surface area (Å²) < 4.78 is 0. The number of benzene rings is 1. The van der Waals surface area contributed by atoms with Crippen LogP contribution in [0, 0.1) is 16.0 Å². The first-order valence-corrected chi connectivity index (χ1v) is 7.07. The standard InChI is InChI=1S/C16H18N2O2/c1-12-10-15(16-4-2-3-9-17(16)11-12)13-5-7-14(8-6-13)18(19)20/h4-8,10,12H,2-3,9,11H2,1H3. The second-order valence-electron chi connectivity index (χ2n) is 5.54. The molecule has 4 nitrogen and oxygen atoms in total. The maximum atomic E-state index is 10.7. The van der Waals surface area contributed by atoms with E-state index in [4.69, 9.17) is 0 Å². The van der Waals surface area contributed by atoms with Crippen LogP contribution < -0.4 is 0 Å². The molecule has 20 heavy (non-hydrogen) atoms. The monoisotopic (exact) mass is 270 g/mol. The van der Waals surface area contributed by atoms with Crippen LogP contribution in [0.15, 0.2) is 42.1 Å². The van der Waals surface area contributed by atoms with Crippen LogP contribution in [0.25, 0.3) is 5.57 Å². The minimum atomic E-state index is -0.353. The fourth-order valence-electron chi connectivity index (χ4n) is 3.02. The van der Waals surface area contributed by atoms with Crippen LogP contribution >= 0.6 is 0 Å². The molecule has 2 aliphatic rings. The van der Waals surface area contributed by atoms with Gasteiger partial charge in [-0.1, -0.05) is 19.1 Å². The molecule has 3 rings (SSSR count). The van der Waals surface area contributed by atoms with Crippen LogP contribution in [0.1, 0.15) is 25.3 Å². The van der Waals surface area contributed by atoms with Gasteiger partial charge in [0.25, 0.3) is 5.69 Å². The molecule has 0 radical (unpaired) electrons. The number of allylic oxidation sites excluding steroid dienone is 2. The Labute approximate surface area is 118 Å². The molecule has 0 N–H and O–H groups in total. The third-order valence-electron chi connectivity index (χ3n) is 3.94. The molecule has 0 bridgehead atoms. The van der Waals surface area contributed by atoms with E-state index in [-0.39, 0.29) is 10.6 Å². The molecule has 104 valence electrons. The Morgan fingerprint density at radius 1 is 1.30 bits per heavy atom. The smallest absolute Gasteiger partial charge is 0.269 e. The van der Waals surface area contributed by atoms with E-state index < -0.39 is 0 Å². The lowest BCUT2D eigenvalue weighted by Crippen LogP contribution is -2.34. The van der Waals surface area contributed by atoms with E-state index in [2.05, 4.69) is 24.0 Å². The van der Waals surface area contributed by atoms with Crippen molar-refractivity contribution in [3.8, 4) is 0 Å². The molecule has 0 saturated heterocycles. The predicted molar refractivity (Wildman–Crippen MR) is 79.1 cm³/mol. The highest BCUT2D eigenvalue weighted by Crippen LogP contribution is 2.35. The van der Waals surface area contributed by atoms with Crippen molar-refractivity contribution >= 4 is 11.3 Å². The SMILES string of the molecule is CC1C=C(c2ccc([N+](=O)[O-])cc2)C2=CCCCN2C1. The minimum Gasteiger partial charge on any atom is -0.371 e. The zero-order valence-corrected chi connectivity index (χ0v) is 11.6. The quantitative estimate of drug-likeness (QED) is 0.609. The molecule has 2 aliphatic heterocycles. The van der Waals surface area contributed by atoms with Gasteiger partial charge in [-0.3, -0.25) is 10.1 Å². The Morgan fingerprint density at radius 2 is 2.05 bits per heavy atom. The summed E-state index contributed by atoms with van der Waals surface area (Å²) in [4.78, 5) is 12.8. The number of non-ortho nitro benzene ring substituents is 1. The topological polar surface area (TPSA) is 46.4 Å². The molecule has 1 unspecified atom stereocenters. The van der Waals surface area contributed by atoms with Crippen molar-refractivity contribution in [2.24, 2.45) is 5.92 Å². The van der Waals surface area contributed by atoms with Gasteiger partial charge in [-0.15, -0.1) is 0 Å². The maximum Gasteiger partial charge on any atom is 0.269 e. The molecule has 0 amide bonds. The largest absolute Gasteiger partial charge is 0.371 e. The van der Waals surface area contributed by atoms with Crippen molar-refractivity contribution in [3.05, 3.63) is 57.8 Å². The maximum absolute atomic E-state index is 10.7. The van der Waals surface area contributed by atoms with E-state index in [1.54, 1.807) is 12.1 Å². The number of hydrogen-bond donors (Lipinski definition) is 0. The van der Waals surface area contributed by atoms with Crippen LogP contribution in [-0.2, 0) is 0 Å². The van der Waals surface area contributed by atoms with Crippen molar-refractivity contribution in [3.63, 3.8) is 0 Å². The zero-order valence-electron chi connectivity index (χ0n) is 11.6. The molecule has 0 fully saturated rings. The van der Waals surface area contributed by atoms with Crippen LogP contribution in [-0.4, -0.2) is 22.9 Å². The Bertz CT molecular complexity index is 587. The number of hydrogen-bond acceptors (Lipinski definition) is 3. The van der Waals surface area contributed by atoms with E-state index >= 15 is 0 Å². The molecule has 4 heteroatoms. The van der Waals surface area contributed by atoms with Crippen molar-refractivity contribution in [2.75, 3.05) is 13.1 Å². The Morgan fingerprint density at radius 3 is 2.75 bits per heavy atom. The number of fused-ring (bicyclic) bond motifs is 1. The van der Waals surface area contributed by atoms with Gasteiger partial charge in [0.15, 0.2) is 0 Å². The molecular formula is C16H18N2O2. The van der Waals surface area contributed by atoms with Gasteiger partial charge in [0.2, 0.25) is 0 Å². The van der Waals surface area contributed by atoms with E-state index in [0.29, 0.717) is 5.92 Å². The lowest BCUT2D eigenvalue weighted by molar-refractivity contribution is -0.384. The first-order valence-electron chi connectivity index (χ1n) is 7.07. The molecule has 2 heterocycles. The van der Waals surface area contributed by atoms with Gasteiger partial charge in [0.1, 0.15) is 0 Å². The summed E-state index contributed by atoms with van der Waals surface area (Å²) >= 11 is 0. The Hall–Kier alpha value is -2.10. The summed E-state index contributed by atoms with van der Waals surface area (Å²) in [5, 5.41) is 10.7. The van der Waals surface area contributed by atoms with Gasteiger partial charge in [-0.05, 0) is 36.5 Å². The Balaban J connectivity index is 1.98. The van der Waals surface area contributed by atoms with Crippen LogP contribution in [0.2, 0.25) is 0 Å². The summed E-state index contributed by atoms with van der Waals surface area (Å²) in [5.74, 6) is 0.510. The minimum absolute atomic E-state index is 0.146. The van der Waals surface area contributed by atoms with E-state index in [1.807, 2.05) is 12.1 Å². The van der Waals surface area contributed by atoms with Gasteiger partial charge in [-0.2, -0.15) is 0 Å². The summed E-state index contributed by atoms with van der Waals surface area (Å²) in [6.07, 6.45) is 6.91. The predicted octanol–water partition coefficient (Wildman–Crippen LogP) is 3.61. The second kappa shape index (κ2) is 5.12. The molecular weight excluding hydrogens is 252 g/mol. The first-order chi connectivity index (χ1) is 9.65. The van der Waals surface area contributed by atoms with Gasteiger partial charge in [-0.25, -0.2) is 0 Å². The third-order valence-corrected chi connectivity index (χ3v) is 3.94. The van der Waals surface area contributed by atoms with Gasteiger partial charge >= 0.3 is 0 Å². The first kappa shape index (κ1) is 12.9. The highest BCUT2D eigenvalue weighted by atomic mass is 16.6. The fourth-order valence-corrected chi connectivity index (χ4v) is 3.02. The van der Waals surface area contributed by atoms with Gasteiger partial charge in [0.05, 0.1) is 4.92 Å². The van der Waals surface area contributed by atoms with Crippen LogP contribution in [0.5, 0.6) is 0 Å². The Kier molecular flexibility index (Phi) is 3.30. The van der Waals surface area contributed by atoms with Crippen LogP contribution in [0.3, 0.4) is 0 Å². The summed E-state index contributed by atoms with van der Waals surface area (Å²) in [6, 6.07) is 6.89. The lowest BCUT2D eigenvalue weighted by Gasteiger charge is -2.37. The molecule has 1 atom stereocenters.